The molecule has 3 heterocycles. The van der Waals surface area contributed by atoms with Gasteiger partial charge >= 0.3 is 0 Å². The highest BCUT2D eigenvalue weighted by Gasteiger charge is 2.31. The number of amides is 1. The van der Waals surface area contributed by atoms with Crippen LogP contribution in [0.3, 0.4) is 0 Å². The summed E-state index contributed by atoms with van der Waals surface area (Å²) in [6.07, 6.45) is 3.15. The molecule has 0 saturated heterocycles. The standard InChI is InChI=1S/C14H13BrFN3O2/c15-11-10-12(7(2-4-20)5-18-14(10)21)19-13(11)8-1-3-17-6-9(8)16/h1,3,6-7,19-20H,2,4-5H2,(H,18,21). The molecule has 0 saturated carbocycles. The Morgan fingerprint density at radius 2 is 2.33 bits per heavy atom. The lowest BCUT2D eigenvalue weighted by Gasteiger charge is -2.22. The molecule has 5 nitrogen and oxygen atoms in total. The van der Waals surface area contributed by atoms with Crippen molar-refractivity contribution in [2.75, 3.05) is 13.2 Å². The van der Waals surface area contributed by atoms with Gasteiger partial charge in [-0.15, -0.1) is 0 Å². The molecule has 3 rings (SSSR count). The number of carbonyl (C=O) groups excluding carboxylic acids is 1. The topological polar surface area (TPSA) is 78.0 Å². The molecule has 0 aromatic carbocycles. The Kier molecular flexibility index (Phi) is 3.77. The Morgan fingerprint density at radius 3 is 3.05 bits per heavy atom. The van der Waals surface area contributed by atoms with Crippen molar-refractivity contribution in [2.45, 2.75) is 12.3 Å². The van der Waals surface area contributed by atoms with Crippen LogP contribution in [0.2, 0.25) is 0 Å². The molecular formula is C14H13BrFN3O2. The summed E-state index contributed by atoms with van der Waals surface area (Å²) in [5, 5.41) is 11.9. The predicted octanol–water partition coefficient (Wildman–Crippen LogP) is 2.19. The van der Waals surface area contributed by atoms with Crippen LogP contribution in [0.1, 0.15) is 28.4 Å². The summed E-state index contributed by atoms with van der Waals surface area (Å²) in [5.74, 6) is -0.684. The van der Waals surface area contributed by atoms with Gasteiger partial charge in [0.2, 0.25) is 0 Å². The molecule has 1 atom stereocenters. The molecule has 21 heavy (non-hydrogen) atoms. The number of hydrogen-bond acceptors (Lipinski definition) is 3. The van der Waals surface area contributed by atoms with E-state index in [1.54, 1.807) is 6.07 Å². The average Bonchev–Trinajstić information content (AvgIpc) is 2.81. The summed E-state index contributed by atoms with van der Waals surface area (Å²) in [7, 11) is 0. The van der Waals surface area contributed by atoms with Crippen molar-refractivity contribution in [3.05, 3.63) is 40.0 Å². The van der Waals surface area contributed by atoms with Crippen LogP contribution in [0.5, 0.6) is 0 Å². The van der Waals surface area contributed by atoms with E-state index in [2.05, 4.69) is 31.2 Å². The fraction of sp³-hybridized carbons (Fsp3) is 0.286. The van der Waals surface area contributed by atoms with Gasteiger partial charge in [-0.1, -0.05) is 0 Å². The van der Waals surface area contributed by atoms with E-state index in [9.17, 15) is 9.18 Å². The lowest BCUT2D eigenvalue weighted by Crippen LogP contribution is -2.35. The van der Waals surface area contributed by atoms with Gasteiger partial charge in [0.25, 0.3) is 5.91 Å². The predicted molar refractivity (Wildman–Crippen MR) is 78.5 cm³/mol. The summed E-state index contributed by atoms with van der Waals surface area (Å²) in [4.78, 5) is 18.9. The molecular weight excluding hydrogens is 341 g/mol. The molecule has 110 valence electrons. The van der Waals surface area contributed by atoms with E-state index in [0.717, 1.165) is 11.9 Å². The third kappa shape index (κ3) is 2.36. The zero-order chi connectivity index (χ0) is 15.0. The number of aliphatic hydroxyl groups is 1. The second-order valence-corrected chi connectivity index (χ2v) is 5.67. The molecule has 2 aromatic heterocycles. The highest BCUT2D eigenvalue weighted by Crippen LogP contribution is 2.38. The van der Waals surface area contributed by atoms with Crippen LogP contribution < -0.4 is 5.32 Å². The Labute approximate surface area is 128 Å². The third-order valence-corrected chi connectivity index (χ3v) is 4.42. The molecule has 0 bridgehead atoms. The number of pyridine rings is 1. The Morgan fingerprint density at radius 1 is 1.52 bits per heavy atom. The molecule has 0 radical (unpaired) electrons. The molecule has 0 spiro atoms. The van der Waals surface area contributed by atoms with Crippen molar-refractivity contribution >= 4 is 21.8 Å². The molecule has 1 unspecified atom stereocenters. The quantitative estimate of drug-likeness (QED) is 0.791. The lowest BCUT2D eigenvalue weighted by atomic mass is 9.95. The molecule has 0 aliphatic carbocycles. The van der Waals surface area contributed by atoms with Crippen LogP contribution in [0.15, 0.2) is 22.9 Å². The number of hydrogen-bond donors (Lipinski definition) is 3. The lowest BCUT2D eigenvalue weighted by molar-refractivity contribution is 0.0936. The third-order valence-electron chi connectivity index (χ3n) is 3.63. The second-order valence-electron chi connectivity index (χ2n) is 4.88. The van der Waals surface area contributed by atoms with Crippen molar-refractivity contribution in [3.63, 3.8) is 0 Å². The molecule has 7 heteroatoms. The first-order chi connectivity index (χ1) is 10.1. The molecule has 3 N–H and O–H groups in total. The van der Waals surface area contributed by atoms with Gasteiger partial charge in [0.05, 0.1) is 21.9 Å². The van der Waals surface area contributed by atoms with Gasteiger partial charge in [-0.3, -0.25) is 9.78 Å². The van der Waals surface area contributed by atoms with Gasteiger partial charge in [-0.05, 0) is 28.4 Å². The van der Waals surface area contributed by atoms with E-state index in [4.69, 9.17) is 5.11 Å². The van der Waals surface area contributed by atoms with Crippen LogP contribution in [0, 0.1) is 5.82 Å². The van der Waals surface area contributed by atoms with Crippen molar-refractivity contribution in [3.8, 4) is 11.3 Å². The maximum atomic E-state index is 13.9. The van der Waals surface area contributed by atoms with Crippen LogP contribution in [0.4, 0.5) is 4.39 Å². The van der Waals surface area contributed by atoms with Crippen molar-refractivity contribution in [1.82, 2.24) is 15.3 Å². The number of aromatic amines is 1. The number of nitrogens with zero attached hydrogens (tertiary/aromatic N) is 1. The minimum absolute atomic E-state index is 0.0161. The number of H-pyrrole nitrogens is 1. The van der Waals surface area contributed by atoms with Crippen molar-refractivity contribution < 1.29 is 14.3 Å². The van der Waals surface area contributed by atoms with E-state index in [0.29, 0.717) is 34.3 Å². The summed E-state index contributed by atoms with van der Waals surface area (Å²) < 4.78 is 14.4. The van der Waals surface area contributed by atoms with Crippen LogP contribution in [0.25, 0.3) is 11.3 Å². The molecule has 0 fully saturated rings. The largest absolute Gasteiger partial charge is 0.396 e. The zero-order valence-corrected chi connectivity index (χ0v) is 12.6. The Balaban J connectivity index is 2.15. The molecule has 1 amide bonds. The molecule has 1 aliphatic heterocycles. The highest BCUT2D eigenvalue weighted by molar-refractivity contribution is 9.10. The van der Waals surface area contributed by atoms with Gasteiger partial charge in [-0.2, -0.15) is 0 Å². The van der Waals surface area contributed by atoms with Gasteiger partial charge in [0.1, 0.15) is 0 Å². The number of halogens is 2. The Hall–Kier alpha value is -1.73. The fourth-order valence-corrected chi connectivity index (χ4v) is 3.30. The monoisotopic (exact) mass is 353 g/mol. The summed E-state index contributed by atoms with van der Waals surface area (Å²) in [6.45, 7) is 0.479. The number of nitrogens with one attached hydrogen (secondary N) is 2. The summed E-state index contributed by atoms with van der Waals surface area (Å²) in [5.41, 5.74) is 2.07. The maximum Gasteiger partial charge on any atom is 0.254 e. The minimum atomic E-state index is -0.462. The van der Waals surface area contributed by atoms with Crippen molar-refractivity contribution in [1.29, 1.82) is 0 Å². The minimum Gasteiger partial charge on any atom is -0.396 e. The van der Waals surface area contributed by atoms with E-state index in [1.165, 1.54) is 6.20 Å². The first kappa shape index (κ1) is 14.2. The van der Waals surface area contributed by atoms with E-state index in [-0.39, 0.29) is 18.4 Å². The zero-order valence-electron chi connectivity index (χ0n) is 11.0. The van der Waals surface area contributed by atoms with Gasteiger partial charge in [0.15, 0.2) is 5.82 Å². The van der Waals surface area contributed by atoms with E-state index < -0.39 is 5.82 Å². The number of fused-ring (bicyclic) bond motifs is 1. The van der Waals surface area contributed by atoms with Crippen LogP contribution in [-0.2, 0) is 0 Å². The fourth-order valence-electron chi connectivity index (χ4n) is 2.60. The van der Waals surface area contributed by atoms with Gasteiger partial charge in [0, 0.05) is 36.5 Å². The SMILES string of the molecule is O=C1NCC(CCO)c2[nH]c(-c3ccncc3F)c(Br)c21. The summed E-state index contributed by atoms with van der Waals surface area (Å²) in [6, 6.07) is 1.55. The first-order valence-corrected chi connectivity index (χ1v) is 7.33. The summed E-state index contributed by atoms with van der Waals surface area (Å²) >= 11 is 3.39. The van der Waals surface area contributed by atoms with Gasteiger partial charge < -0.3 is 15.4 Å². The first-order valence-electron chi connectivity index (χ1n) is 6.53. The maximum absolute atomic E-state index is 13.9. The van der Waals surface area contributed by atoms with E-state index >= 15 is 0 Å². The van der Waals surface area contributed by atoms with E-state index in [1.807, 2.05) is 0 Å². The number of aliphatic hydroxyl groups excluding tert-OH is 1. The Bertz CT molecular complexity index is 702. The molecule has 1 aliphatic rings. The second kappa shape index (κ2) is 5.57. The number of aromatic nitrogens is 2. The van der Waals surface area contributed by atoms with Crippen LogP contribution in [-0.4, -0.2) is 34.1 Å². The molecule has 2 aromatic rings. The smallest absolute Gasteiger partial charge is 0.254 e. The van der Waals surface area contributed by atoms with Crippen molar-refractivity contribution in [2.24, 2.45) is 0 Å². The van der Waals surface area contributed by atoms with Gasteiger partial charge in [-0.25, -0.2) is 4.39 Å². The normalized spacial score (nSPS) is 17.5. The highest BCUT2D eigenvalue weighted by atomic mass is 79.9. The van der Waals surface area contributed by atoms with Crippen LogP contribution >= 0.6 is 15.9 Å². The average molecular weight is 354 g/mol. The number of carbonyl (C=O) groups is 1. The number of rotatable bonds is 3.